The summed E-state index contributed by atoms with van der Waals surface area (Å²) in [6.07, 6.45) is 3.80. The van der Waals surface area contributed by atoms with Gasteiger partial charge in [-0.25, -0.2) is 0 Å². The Balaban J connectivity index is 2.03. The number of methoxy groups -OCH3 is 1. The zero-order valence-electron chi connectivity index (χ0n) is 17.6. The van der Waals surface area contributed by atoms with Crippen LogP contribution in [0.2, 0.25) is 0 Å². The van der Waals surface area contributed by atoms with Gasteiger partial charge in [0.05, 0.1) is 13.7 Å². The summed E-state index contributed by atoms with van der Waals surface area (Å²) in [4.78, 5) is 15.3. The minimum atomic E-state index is 0.0701. The third kappa shape index (κ3) is 4.26. The third-order valence-corrected chi connectivity index (χ3v) is 6.24. The fraction of sp³-hybridized carbons (Fsp3) is 0.609. The van der Waals surface area contributed by atoms with Crippen LogP contribution in [0.1, 0.15) is 51.2 Å². The second kappa shape index (κ2) is 9.10. The second-order valence-corrected chi connectivity index (χ2v) is 8.30. The molecule has 2 unspecified atom stereocenters. The zero-order valence-corrected chi connectivity index (χ0v) is 17.6. The number of hydrogen-bond donors (Lipinski definition) is 2. The van der Waals surface area contributed by atoms with Crippen molar-refractivity contribution in [2.45, 2.75) is 58.5 Å². The van der Waals surface area contributed by atoms with E-state index < -0.39 is 0 Å². The Bertz CT molecular complexity index is 741. The summed E-state index contributed by atoms with van der Waals surface area (Å²) in [7, 11) is 1.69. The van der Waals surface area contributed by atoms with Crippen LogP contribution in [-0.4, -0.2) is 54.8 Å². The van der Waals surface area contributed by atoms with Gasteiger partial charge in [-0.2, -0.15) is 0 Å². The Hall–Kier alpha value is -1.85. The molecule has 28 heavy (non-hydrogen) atoms. The molecular weight excluding hydrogens is 352 g/mol. The molecule has 0 bridgehead atoms. The van der Waals surface area contributed by atoms with Crippen LogP contribution in [0.15, 0.2) is 23.8 Å². The number of carbonyl (C=O) groups excluding carboxylic acids is 1. The molecule has 5 heteroatoms. The van der Waals surface area contributed by atoms with Crippen molar-refractivity contribution in [3.63, 3.8) is 0 Å². The number of nitrogens with zero attached hydrogens (tertiary/aromatic N) is 1. The van der Waals surface area contributed by atoms with Crippen LogP contribution < -0.4 is 10.1 Å². The molecule has 1 aliphatic carbocycles. The average Bonchev–Trinajstić information content (AvgIpc) is 2.84. The van der Waals surface area contributed by atoms with E-state index in [0.29, 0.717) is 24.9 Å². The van der Waals surface area contributed by atoms with Gasteiger partial charge in [0.2, 0.25) is 5.91 Å². The summed E-state index contributed by atoms with van der Waals surface area (Å²) < 4.78 is 5.41. The normalized spacial score (nSPS) is 20.5. The van der Waals surface area contributed by atoms with Gasteiger partial charge < -0.3 is 15.2 Å². The molecule has 1 amide bonds. The number of rotatable bonds is 7. The number of nitrogens with one attached hydrogen (secondary N) is 1. The maximum absolute atomic E-state index is 13.0. The lowest BCUT2D eigenvalue weighted by Gasteiger charge is -2.34. The smallest absolute Gasteiger partial charge is 0.247 e. The summed E-state index contributed by atoms with van der Waals surface area (Å²) in [5, 5.41) is 12.6. The highest BCUT2D eigenvalue weighted by Crippen LogP contribution is 2.42. The molecule has 0 saturated carbocycles. The number of ether oxygens (including phenoxy) is 1. The summed E-state index contributed by atoms with van der Waals surface area (Å²) in [5.74, 6) is 1.37. The first-order valence-electron chi connectivity index (χ1n) is 10.5. The molecule has 1 heterocycles. The first-order chi connectivity index (χ1) is 13.5. The van der Waals surface area contributed by atoms with Gasteiger partial charge in [0.15, 0.2) is 0 Å². The van der Waals surface area contributed by atoms with E-state index in [4.69, 9.17) is 4.74 Å². The van der Waals surface area contributed by atoms with Gasteiger partial charge in [0.25, 0.3) is 0 Å². The van der Waals surface area contributed by atoms with Gasteiger partial charge in [-0.05, 0) is 81.2 Å². The van der Waals surface area contributed by atoms with E-state index in [1.165, 1.54) is 16.7 Å². The fourth-order valence-corrected chi connectivity index (χ4v) is 4.87. The molecule has 3 rings (SSSR count). The van der Waals surface area contributed by atoms with Crippen molar-refractivity contribution < 1.29 is 14.6 Å². The highest BCUT2D eigenvalue weighted by Gasteiger charge is 2.33. The van der Waals surface area contributed by atoms with Crippen molar-refractivity contribution in [1.82, 2.24) is 10.2 Å². The van der Waals surface area contributed by atoms with Crippen molar-refractivity contribution in [1.29, 1.82) is 0 Å². The Morgan fingerprint density at radius 1 is 1.29 bits per heavy atom. The number of allylic oxidation sites excluding steroid dienone is 1. The largest absolute Gasteiger partial charge is 0.497 e. The Labute approximate surface area is 168 Å². The highest BCUT2D eigenvalue weighted by atomic mass is 16.5. The molecule has 2 N–H and O–H groups in total. The molecule has 0 saturated heterocycles. The number of amides is 1. The van der Waals surface area contributed by atoms with Crippen LogP contribution in [0.25, 0.3) is 5.57 Å². The predicted molar refractivity (Wildman–Crippen MR) is 112 cm³/mol. The Kier molecular flexibility index (Phi) is 6.78. The number of aryl methyl sites for hydroxylation is 1. The van der Waals surface area contributed by atoms with Crippen molar-refractivity contribution in [2.24, 2.45) is 5.92 Å². The van der Waals surface area contributed by atoms with Crippen LogP contribution in [0.5, 0.6) is 5.75 Å². The zero-order chi connectivity index (χ0) is 20.3. The van der Waals surface area contributed by atoms with Gasteiger partial charge in [0.1, 0.15) is 5.75 Å². The van der Waals surface area contributed by atoms with Crippen LogP contribution in [-0.2, 0) is 11.2 Å². The number of benzene rings is 1. The summed E-state index contributed by atoms with van der Waals surface area (Å²) in [5.41, 5.74) is 4.65. The van der Waals surface area contributed by atoms with Gasteiger partial charge in [0, 0.05) is 30.7 Å². The Morgan fingerprint density at radius 3 is 2.75 bits per heavy atom. The van der Waals surface area contributed by atoms with Gasteiger partial charge in [-0.1, -0.05) is 6.07 Å². The second-order valence-electron chi connectivity index (χ2n) is 8.30. The number of carbonyl (C=O) groups is 1. The Morgan fingerprint density at radius 2 is 2.07 bits per heavy atom. The van der Waals surface area contributed by atoms with Gasteiger partial charge >= 0.3 is 0 Å². The first-order valence-corrected chi connectivity index (χ1v) is 10.5. The molecule has 0 radical (unpaired) electrons. The third-order valence-electron chi connectivity index (χ3n) is 6.24. The van der Waals surface area contributed by atoms with Crippen LogP contribution in [0.4, 0.5) is 0 Å². The molecular formula is C23H34N2O3. The van der Waals surface area contributed by atoms with E-state index in [0.717, 1.165) is 37.1 Å². The topological polar surface area (TPSA) is 61.8 Å². The summed E-state index contributed by atoms with van der Waals surface area (Å²) >= 11 is 0. The van der Waals surface area contributed by atoms with E-state index in [1.807, 2.05) is 6.07 Å². The summed E-state index contributed by atoms with van der Waals surface area (Å²) in [6.45, 7) is 7.94. The standard InChI is InChI=1S/C23H34N2O3/c1-15(2)25(11-12-26)16(3)13-21-22-17(9-10-24-23(21)27)5-6-18-14-19(28-4)7-8-20(18)22/h7-8,14-17,26H,5-6,9-13H2,1-4H3,(H,24,27). The van der Waals surface area contributed by atoms with Gasteiger partial charge in [-0.3, -0.25) is 9.69 Å². The lowest BCUT2D eigenvalue weighted by atomic mass is 9.75. The fourth-order valence-electron chi connectivity index (χ4n) is 4.87. The van der Waals surface area contributed by atoms with Crippen LogP contribution in [0.3, 0.4) is 0 Å². The molecule has 154 valence electrons. The molecule has 1 aliphatic heterocycles. The predicted octanol–water partition coefficient (Wildman–Crippen LogP) is 3.01. The van der Waals surface area contributed by atoms with Crippen molar-refractivity contribution in [3.8, 4) is 5.75 Å². The van der Waals surface area contributed by atoms with E-state index in [9.17, 15) is 9.90 Å². The van der Waals surface area contributed by atoms with E-state index >= 15 is 0 Å². The minimum absolute atomic E-state index is 0.0701. The minimum Gasteiger partial charge on any atom is -0.497 e. The summed E-state index contributed by atoms with van der Waals surface area (Å²) in [6, 6.07) is 6.76. The number of hydrogen-bond acceptors (Lipinski definition) is 4. The molecule has 0 aromatic heterocycles. The molecule has 5 nitrogen and oxygen atoms in total. The van der Waals surface area contributed by atoms with E-state index in [2.05, 4.69) is 43.1 Å². The molecule has 0 fully saturated rings. The number of aliphatic hydroxyl groups is 1. The highest BCUT2D eigenvalue weighted by molar-refractivity contribution is 6.02. The molecule has 1 aromatic carbocycles. The van der Waals surface area contributed by atoms with Crippen LogP contribution >= 0.6 is 0 Å². The van der Waals surface area contributed by atoms with Crippen molar-refractivity contribution in [3.05, 3.63) is 34.9 Å². The van der Waals surface area contributed by atoms with Crippen LogP contribution in [0, 0.1) is 5.92 Å². The van der Waals surface area contributed by atoms with Crippen molar-refractivity contribution >= 4 is 11.5 Å². The molecule has 1 aromatic rings. The molecule has 2 aliphatic rings. The SMILES string of the molecule is COc1ccc2c(c1)CCC1CCNC(=O)C(CC(C)N(CCO)C(C)C)=C21. The number of fused-ring (bicyclic) bond motifs is 3. The van der Waals surface area contributed by atoms with Crippen molar-refractivity contribution in [2.75, 3.05) is 26.8 Å². The monoisotopic (exact) mass is 386 g/mol. The lowest BCUT2D eigenvalue weighted by molar-refractivity contribution is -0.117. The van der Waals surface area contributed by atoms with E-state index in [1.54, 1.807) is 7.11 Å². The van der Waals surface area contributed by atoms with Gasteiger partial charge in [-0.15, -0.1) is 0 Å². The molecule has 0 spiro atoms. The number of aliphatic hydroxyl groups excluding tert-OH is 1. The lowest BCUT2D eigenvalue weighted by Crippen LogP contribution is -2.41. The molecule has 2 atom stereocenters. The first kappa shape index (κ1) is 20.9. The maximum Gasteiger partial charge on any atom is 0.247 e. The average molecular weight is 387 g/mol. The quantitative estimate of drug-likeness (QED) is 0.756. The maximum atomic E-state index is 13.0. The van der Waals surface area contributed by atoms with E-state index in [-0.39, 0.29) is 18.6 Å².